The molecule has 23 heavy (non-hydrogen) atoms. The molecule has 2 aromatic rings. The molecule has 6 heteroatoms. The molecule has 0 bridgehead atoms. The maximum atomic E-state index is 12.5. The number of carbonyl (C=O) groups is 2. The Morgan fingerprint density at radius 2 is 2.13 bits per heavy atom. The molecule has 1 aromatic heterocycles. The fourth-order valence-corrected chi connectivity index (χ4v) is 3.03. The number of ether oxygens (including phenoxy) is 1. The average molecular weight is 316 g/mol. The number of carbonyl (C=O) groups excluding carboxylic acids is 1. The number of nitrogens with zero attached hydrogens (tertiary/aromatic N) is 2. The number of rotatable bonds is 4. The molecule has 0 unspecified atom stereocenters. The van der Waals surface area contributed by atoms with Gasteiger partial charge in [-0.2, -0.15) is 0 Å². The number of benzene rings is 1. The van der Waals surface area contributed by atoms with Gasteiger partial charge in [0.2, 0.25) is 5.91 Å². The van der Waals surface area contributed by atoms with Crippen LogP contribution in [0.1, 0.15) is 12.5 Å². The van der Waals surface area contributed by atoms with Crippen LogP contribution in [0.5, 0.6) is 0 Å². The number of carboxylic acid groups (broad SMARTS) is 1. The quantitative estimate of drug-likeness (QED) is 0.928. The van der Waals surface area contributed by atoms with Crippen LogP contribution in [0.15, 0.2) is 30.5 Å². The van der Waals surface area contributed by atoms with E-state index in [4.69, 9.17) is 9.84 Å². The number of aryl methyl sites for hydroxylation is 1. The standard InChI is InChI=1S/C17H20N2O4/c1-2-18-10-12(13-5-3-4-6-14(13)18)9-16(20)19-7-8-23-15(11-19)17(21)22/h3-6,10,15H,2,7-9,11H2,1H3,(H,21,22)/t15-/m1/s1. The summed E-state index contributed by atoms with van der Waals surface area (Å²) in [4.78, 5) is 25.2. The van der Waals surface area contributed by atoms with Crippen molar-refractivity contribution in [3.8, 4) is 0 Å². The molecule has 1 saturated heterocycles. The van der Waals surface area contributed by atoms with E-state index in [2.05, 4.69) is 11.5 Å². The van der Waals surface area contributed by atoms with E-state index in [1.807, 2.05) is 30.5 Å². The summed E-state index contributed by atoms with van der Waals surface area (Å²) >= 11 is 0. The minimum Gasteiger partial charge on any atom is -0.479 e. The van der Waals surface area contributed by atoms with E-state index in [0.29, 0.717) is 6.54 Å². The van der Waals surface area contributed by atoms with Crippen molar-refractivity contribution in [2.45, 2.75) is 26.0 Å². The number of amides is 1. The lowest BCUT2D eigenvalue weighted by Crippen LogP contribution is -2.49. The Morgan fingerprint density at radius 3 is 2.87 bits per heavy atom. The highest BCUT2D eigenvalue weighted by Gasteiger charge is 2.29. The lowest BCUT2D eigenvalue weighted by molar-refractivity contribution is -0.159. The summed E-state index contributed by atoms with van der Waals surface area (Å²) in [5.74, 6) is -1.08. The van der Waals surface area contributed by atoms with E-state index < -0.39 is 12.1 Å². The van der Waals surface area contributed by atoms with Crippen molar-refractivity contribution >= 4 is 22.8 Å². The zero-order valence-electron chi connectivity index (χ0n) is 13.1. The van der Waals surface area contributed by atoms with E-state index in [1.54, 1.807) is 4.90 Å². The lowest BCUT2D eigenvalue weighted by atomic mass is 10.1. The zero-order valence-corrected chi connectivity index (χ0v) is 13.1. The molecule has 0 saturated carbocycles. The Balaban J connectivity index is 1.79. The Labute approximate surface area is 134 Å². The van der Waals surface area contributed by atoms with E-state index in [-0.39, 0.29) is 25.5 Å². The predicted octanol–water partition coefficient (Wildman–Crippen LogP) is 1.52. The van der Waals surface area contributed by atoms with Gasteiger partial charge in [0.05, 0.1) is 19.6 Å². The SMILES string of the molecule is CCn1cc(CC(=O)N2CCO[C@@H](C(=O)O)C2)c2ccccc21. The van der Waals surface area contributed by atoms with Crippen LogP contribution in [0.2, 0.25) is 0 Å². The van der Waals surface area contributed by atoms with Crippen molar-refractivity contribution in [2.75, 3.05) is 19.7 Å². The largest absolute Gasteiger partial charge is 0.479 e. The molecule has 1 N–H and O–H groups in total. The van der Waals surface area contributed by atoms with Gasteiger partial charge in [-0.05, 0) is 18.6 Å². The maximum absolute atomic E-state index is 12.5. The molecule has 0 spiro atoms. The molecule has 1 amide bonds. The summed E-state index contributed by atoms with van der Waals surface area (Å²) in [7, 11) is 0. The van der Waals surface area contributed by atoms with Gasteiger partial charge in [0.25, 0.3) is 0 Å². The number of para-hydroxylation sites is 1. The third kappa shape index (κ3) is 3.07. The predicted molar refractivity (Wildman–Crippen MR) is 85.3 cm³/mol. The van der Waals surface area contributed by atoms with Gasteiger partial charge in [-0.15, -0.1) is 0 Å². The first-order valence-electron chi connectivity index (χ1n) is 7.79. The topological polar surface area (TPSA) is 71.8 Å². The van der Waals surface area contributed by atoms with Crippen LogP contribution in [-0.2, 0) is 27.3 Å². The zero-order chi connectivity index (χ0) is 16.4. The Hall–Kier alpha value is -2.34. The van der Waals surface area contributed by atoms with Gasteiger partial charge < -0.3 is 19.3 Å². The molecule has 1 aliphatic heterocycles. The normalized spacial score (nSPS) is 18.3. The van der Waals surface area contributed by atoms with Crippen LogP contribution in [0.4, 0.5) is 0 Å². The Kier molecular flexibility index (Phi) is 4.34. The second-order valence-corrected chi connectivity index (χ2v) is 5.67. The van der Waals surface area contributed by atoms with Crippen molar-refractivity contribution < 1.29 is 19.4 Å². The Morgan fingerprint density at radius 1 is 1.35 bits per heavy atom. The van der Waals surface area contributed by atoms with Crippen molar-refractivity contribution in [3.05, 3.63) is 36.0 Å². The van der Waals surface area contributed by atoms with Gasteiger partial charge >= 0.3 is 5.97 Å². The fraction of sp³-hybridized carbons (Fsp3) is 0.412. The number of hydrogen-bond donors (Lipinski definition) is 1. The summed E-state index contributed by atoms with van der Waals surface area (Å²) in [6.45, 7) is 3.72. The molecule has 0 aliphatic carbocycles. The first-order chi connectivity index (χ1) is 11.1. The molecule has 1 aliphatic rings. The molecule has 3 rings (SSSR count). The maximum Gasteiger partial charge on any atom is 0.334 e. The molecule has 6 nitrogen and oxygen atoms in total. The fourth-order valence-electron chi connectivity index (χ4n) is 3.03. The van der Waals surface area contributed by atoms with Crippen molar-refractivity contribution in [3.63, 3.8) is 0 Å². The van der Waals surface area contributed by atoms with Crippen molar-refractivity contribution in [2.24, 2.45) is 0 Å². The van der Waals surface area contributed by atoms with E-state index in [0.717, 1.165) is 23.0 Å². The monoisotopic (exact) mass is 316 g/mol. The molecule has 1 fully saturated rings. The van der Waals surface area contributed by atoms with Crippen LogP contribution >= 0.6 is 0 Å². The van der Waals surface area contributed by atoms with Gasteiger partial charge in [-0.1, -0.05) is 18.2 Å². The summed E-state index contributed by atoms with van der Waals surface area (Å²) in [5, 5.41) is 10.1. The second-order valence-electron chi connectivity index (χ2n) is 5.67. The molecular weight excluding hydrogens is 296 g/mol. The number of morpholine rings is 1. The van der Waals surface area contributed by atoms with Crippen LogP contribution in [0.25, 0.3) is 10.9 Å². The van der Waals surface area contributed by atoms with Crippen LogP contribution in [0, 0.1) is 0 Å². The number of hydrogen-bond acceptors (Lipinski definition) is 3. The molecule has 0 radical (unpaired) electrons. The van der Waals surface area contributed by atoms with Gasteiger partial charge in [-0.25, -0.2) is 4.79 Å². The molecule has 2 heterocycles. The molecule has 1 aromatic carbocycles. The van der Waals surface area contributed by atoms with Crippen LogP contribution in [0.3, 0.4) is 0 Å². The van der Waals surface area contributed by atoms with Crippen molar-refractivity contribution in [1.29, 1.82) is 0 Å². The van der Waals surface area contributed by atoms with Crippen LogP contribution < -0.4 is 0 Å². The van der Waals surface area contributed by atoms with E-state index in [1.165, 1.54) is 0 Å². The summed E-state index contributed by atoms with van der Waals surface area (Å²) in [5.41, 5.74) is 2.09. The summed E-state index contributed by atoms with van der Waals surface area (Å²) in [6, 6.07) is 8.01. The third-order valence-electron chi connectivity index (χ3n) is 4.25. The van der Waals surface area contributed by atoms with Crippen LogP contribution in [-0.4, -0.2) is 52.3 Å². The first kappa shape index (κ1) is 15.6. The average Bonchev–Trinajstić information content (AvgIpc) is 2.93. The number of fused-ring (bicyclic) bond motifs is 1. The third-order valence-corrected chi connectivity index (χ3v) is 4.25. The highest BCUT2D eigenvalue weighted by Crippen LogP contribution is 2.22. The van der Waals surface area contributed by atoms with Gasteiger partial charge in [0.1, 0.15) is 0 Å². The van der Waals surface area contributed by atoms with Gasteiger partial charge in [-0.3, -0.25) is 4.79 Å². The highest BCUT2D eigenvalue weighted by atomic mass is 16.5. The number of aliphatic carboxylic acids is 1. The number of aromatic nitrogens is 1. The summed E-state index contributed by atoms with van der Waals surface area (Å²) in [6.07, 6.45) is 1.36. The van der Waals surface area contributed by atoms with Gasteiger partial charge in [0.15, 0.2) is 6.10 Å². The van der Waals surface area contributed by atoms with Gasteiger partial charge in [0, 0.05) is 30.2 Å². The van der Waals surface area contributed by atoms with Crippen molar-refractivity contribution in [1.82, 2.24) is 9.47 Å². The Bertz CT molecular complexity index is 737. The second kappa shape index (κ2) is 6.42. The lowest BCUT2D eigenvalue weighted by Gasteiger charge is -2.30. The number of carboxylic acids is 1. The molecule has 122 valence electrons. The first-order valence-corrected chi connectivity index (χ1v) is 7.79. The summed E-state index contributed by atoms with van der Waals surface area (Å²) < 4.78 is 7.29. The minimum atomic E-state index is -1.02. The highest BCUT2D eigenvalue weighted by molar-refractivity contribution is 5.89. The minimum absolute atomic E-state index is 0.0569. The molecule has 1 atom stereocenters. The van der Waals surface area contributed by atoms with E-state index in [9.17, 15) is 9.59 Å². The molecular formula is C17H20N2O4. The van der Waals surface area contributed by atoms with E-state index >= 15 is 0 Å². The smallest absolute Gasteiger partial charge is 0.334 e.